The molecule has 0 spiro atoms. The van der Waals surface area contributed by atoms with Gasteiger partial charge in [-0.3, -0.25) is 4.79 Å². The molecule has 1 unspecified atom stereocenters. The van der Waals surface area contributed by atoms with Crippen molar-refractivity contribution in [3.05, 3.63) is 42.5 Å². The van der Waals surface area contributed by atoms with Gasteiger partial charge in [-0.2, -0.15) is 0 Å². The summed E-state index contributed by atoms with van der Waals surface area (Å²) in [5.74, 6) is 2.49. The molecule has 1 amide bonds. The molecule has 1 aliphatic heterocycles. The summed E-state index contributed by atoms with van der Waals surface area (Å²) in [4.78, 5) is 12.1. The first-order chi connectivity index (χ1) is 12.7. The molecule has 7 nitrogen and oxygen atoms in total. The molecule has 1 heterocycles. The standard InChI is InChI=1S/C19H21NO6/c1-22-16-8-5-9-17(23-2)19(16)25-12-18(21)20-10-13-11-24-14-6-3-4-7-15(14)26-13/h3-9,13H,10-12H2,1-2H3,(H,20,21). The van der Waals surface area contributed by atoms with E-state index in [9.17, 15) is 4.79 Å². The number of rotatable bonds is 7. The number of methoxy groups -OCH3 is 2. The van der Waals surface area contributed by atoms with Gasteiger partial charge in [-0.15, -0.1) is 0 Å². The van der Waals surface area contributed by atoms with Gasteiger partial charge in [-0.25, -0.2) is 0 Å². The number of hydrogen-bond donors (Lipinski definition) is 1. The molecule has 0 aliphatic carbocycles. The van der Waals surface area contributed by atoms with E-state index >= 15 is 0 Å². The Morgan fingerprint density at radius 1 is 1.08 bits per heavy atom. The lowest BCUT2D eigenvalue weighted by molar-refractivity contribution is -0.123. The molecule has 2 aromatic carbocycles. The van der Waals surface area contributed by atoms with Crippen molar-refractivity contribution in [1.82, 2.24) is 5.32 Å². The van der Waals surface area contributed by atoms with Gasteiger partial charge in [-0.1, -0.05) is 18.2 Å². The van der Waals surface area contributed by atoms with Crippen molar-refractivity contribution in [2.45, 2.75) is 6.10 Å². The number of para-hydroxylation sites is 3. The number of benzene rings is 2. The lowest BCUT2D eigenvalue weighted by atomic mass is 10.2. The number of amides is 1. The van der Waals surface area contributed by atoms with Crippen LogP contribution in [0.15, 0.2) is 42.5 Å². The number of fused-ring (bicyclic) bond motifs is 1. The van der Waals surface area contributed by atoms with E-state index in [4.69, 9.17) is 23.7 Å². The van der Waals surface area contributed by atoms with Crippen molar-refractivity contribution in [2.24, 2.45) is 0 Å². The fraction of sp³-hybridized carbons (Fsp3) is 0.316. The van der Waals surface area contributed by atoms with Crippen LogP contribution in [0.4, 0.5) is 0 Å². The second-order valence-corrected chi connectivity index (χ2v) is 5.58. The topological polar surface area (TPSA) is 75.3 Å². The second kappa shape index (κ2) is 8.33. The Bertz CT molecular complexity index is 741. The number of carbonyl (C=O) groups excluding carboxylic acids is 1. The number of carbonyl (C=O) groups is 1. The van der Waals surface area contributed by atoms with Crippen LogP contribution in [-0.4, -0.2) is 46.0 Å². The maximum Gasteiger partial charge on any atom is 0.258 e. The molecule has 0 saturated heterocycles. The first-order valence-corrected chi connectivity index (χ1v) is 8.20. The van der Waals surface area contributed by atoms with Crippen molar-refractivity contribution >= 4 is 5.91 Å². The third kappa shape index (κ3) is 4.11. The van der Waals surface area contributed by atoms with E-state index in [0.717, 1.165) is 0 Å². The Hall–Kier alpha value is -3.09. The fourth-order valence-electron chi connectivity index (χ4n) is 2.54. The highest BCUT2D eigenvalue weighted by molar-refractivity contribution is 5.77. The molecule has 0 fully saturated rings. The number of nitrogens with one attached hydrogen (secondary N) is 1. The Kier molecular flexibility index (Phi) is 5.68. The summed E-state index contributed by atoms with van der Waals surface area (Å²) in [6.07, 6.45) is -0.255. The zero-order chi connectivity index (χ0) is 18.4. The summed E-state index contributed by atoms with van der Waals surface area (Å²) in [6.45, 7) is 0.527. The monoisotopic (exact) mass is 359 g/mol. The van der Waals surface area contributed by atoms with E-state index in [0.29, 0.717) is 41.9 Å². The second-order valence-electron chi connectivity index (χ2n) is 5.58. The van der Waals surface area contributed by atoms with Gasteiger partial charge in [0, 0.05) is 0 Å². The molecule has 1 atom stereocenters. The lowest BCUT2D eigenvalue weighted by Gasteiger charge is -2.26. The van der Waals surface area contributed by atoms with Crippen molar-refractivity contribution in [3.8, 4) is 28.7 Å². The van der Waals surface area contributed by atoms with Gasteiger partial charge in [0.25, 0.3) is 5.91 Å². The largest absolute Gasteiger partial charge is 0.493 e. The highest BCUT2D eigenvalue weighted by atomic mass is 16.6. The Morgan fingerprint density at radius 3 is 2.46 bits per heavy atom. The van der Waals surface area contributed by atoms with Crippen molar-refractivity contribution in [1.29, 1.82) is 0 Å². The predicted molar refractivity (Wildman–Crippen MR) is 94.4 cm³/mol. The Morgan fingerprint density at radius 2 is 1.77 bits per heavy atom. The molecule has 1 N–H and O–H groups in total. The van der Waals surface area contributed by atoms with Gasteiger partial charge < -0.3 is 29.0 Å². The maximum absolute atomic E-state index is 12.1. The Balaban J connectivity index is 1.50. The SMILES string of the molecule is COc1cccc(OC)c1OCC(=O)NCC1COc2ccccc2O1. The molecule has 26 heavy (non-hydrogen) atoms. The van der Waals surface area contributed by atoms with Gasteiger partial charge >= 0.3 is 0 Å². The molecule has 0 radical (unpaired) electrons. The van der Waals surface area contributed by atoms with Crippen molar-refractivity contribution < 1.29 is 28.5 Å². The molecule has 2 aromatic rings. The third-order valence-corrected chi connectivity index (χ3v) is 3.82. The number of ether oxygens (including phenoxy) is 5. The first-order valence-electron chi connectivity index (χ1n) is 8.20. The minimum Gasteiger partial charge on any atom is -0.493 e. The average molecular weight is 359 g/mol. The van der Waals surface area contributed by atoms with E-state index < -0.39 is 0 Å². The summed E-state index contributed by atoms with van der Waals surface area (Å²) >= 11 is 0. The minimum absolute atomic E-state index is 0.166. The van der Waals surface area contributed by atoms with Gasteiger partial charge in [0.15, 0.2) is 29.6 Å². The van der Waals surface area contributed by atoms with Gasteiger partial charge in [0.05, 0.1) is 20.8 Å². The summed E-state index contributed by atoms with van der Waals surface area (Å²) in [7, 11) is 3.06. The molecular formula is C19H21NO6. The highest BCUT2D eigenvalue weighted by Crippen LogP contribution is 2.36. The van der Waals surface area contributed by atoms with Gasteiger partial charge in [-0.05, 0) is 24.3 Å². The maximum atomic E-state index is 12.1. The zero-order valence-corrected chi connectivity index (χ0v) is 14.7. The van der Waals surface area contributed by atoms with E-state index in [1.54, 1.807) is 18.2 Å². The van der Waals surface area contributed by atoms with Crippen molar-refractivity contribution in [3.63, 3.8) is 0 Å². The summed E-state index contributed by atoms with van der Waals surface area (Å²) in [6, 6.07) is 12.7. The smallest absolute Gasteiger partial charge is 0.258 e. The average Bonchev–Trinajstić information content (AvgIpc) is 2.70. The Labute approximate surface area is 151 Å². The number of hydrogen-bond acceptors (Lipinski definition) is 6. The van der Waals surface area contributed by atoms with E-state index in [2.05, 4.69) is 5.32 Å². The van der Waals surface area contributed by atoms with E-state index in [1.807, 2.05) is 24.3 Å². The molecule has 0 bridgehead atoms. The minimum atomic E-state index is -0.277. The summed E-state index contributed by atoms with van der Waals surface area (Å²) in [5.41, 5.74) is 0. The van der Waals surface area contributed by atoms with Crippen LogP contribution in [0.1, 0.15) is 0 Å². The quantitative estimate of drug-likeness (QED) is 0.815. The van der Waals surface area contributed by atoms with Crippen LogP contribution >= 0.6 is 0 Å². The molecule has 138 valence electrons. The lowest BCUT2D eigenvalue weighted by Crippen LogP contribution is -2.42. The summed E-state index contributed by atoms with van der Waals surface area (Å²) in [5, 5.41) is 2.78. The zero-order valence-electron chi connectivity index (χ0n) is 14.7. The van der Waals surface area contributed by atoms with Crippen LogP contribution < -0.4 is 29.0 Å². The molecule has 7 heteroatoms. The fourth-order valence-corrected chi connectivity index (χ4v) is 2.54. The van der Waals surface area contributed by atoms with Crippen LogP contribution in [0, 0.1) is 0 Å². The third-order valence-electron chi connectivity index (χ3n) is 3.82. The van der Waals surface area contributed by atoms with Crippen LogP contribution in [0.25, 0.3) is 0 Å². The molecule has 1 aliphatic rings. The predicted octanol–water partition coefficient (Wildman–Crippen LogP) is 2.04. The molecule has 3 rings (SSSR count). The molecule has 0 aromatic heterocycles. The van der Waals surface area contributed by atoms with Crippen LogP contribution in [-0.2, 0) is 4.79 Å². The van der Waals surface area contributed by atoms with Crippen LogP contribution in [0.3, 0.4) is 0 Å². The van der Waals surface area contributed by atoms with Crippen molar-refractivity contribution in [2.75, 3.05) is 34.0 Å². The summed E-state index contributed by atoms with van der Waals surface area (Å²) < 4.78 is 27.5. The van der Waals surface area contributed by atoms with Gasteiger partial charge in [0.2, 0.25) is 5.75 Å². The van der Waals surface area contributed by atoms with Crippen LogP contribution in [0.5, 0.6) is 28.7 Å². The molecular weight excluding hydrogens is 338 g/mol. The van der Waals surface area contributed by atoms with E-state index in [-0.39, 0.29) is 18.6 Å². The normalized spacial score (nSPS) is 15.1. The highest BCUT2D eigenvalue weighted by Gasteiger charge is 2.21. The molecule has 0 saturated carbocycles. The van der Waals surface area contributed by atoms with Crippen LogP contribution in [0.2, 0.25) is 0 Å². The first kappa shape index (κ1) is 17.7. The van der Waals surface area contributed by atoms with E-state index in [1.165, 1.54) is 14.2 Å². The van der Waals surface area contributed by atoms with Gasteiger partial charge in [0.1, 0.15) is 12.7 Å².